The zero-order valence-corrected chi connectivity index (χ0v) is 17.3. The predicted molar refractivity (Wildman–Crippen MR) is 112 cm³/mol. The lowest BCUT2D eigenvalue weighted by atomic mass is 10.0. The molecule has 1 aromatic heterocycles. The summed E-state index contributed by atoms with van der Waals surface area (Å²) in [5.74, 6) is 0.394. The number of amides is 1. The van der Waals surface area contributed by atoms with Crippen molar-refractivity contribution in [3.63, 3.8) is 0 Å². The number of nitrogens with one attached hydrogen (secondary N) is 1. The van der Waals surface area contributed by atoms with Gasteiger partial charge in [-0.25, -0.2) is 0 Å². The zero-order chi connectivity index (χ0) is 21.3. The number of aryl methyl sites for hydroxylation is 1. The van der Waals surface area contributed by atoms with Gasteiger partial charge in [0.2, 0.25) is 17.6 Å². The van der Waals surface area contributed by atoms with Gasteiger partial charge in [0, 0.05) is 23.4 Å². The third-order valence-electron chi connectivity index (χ3n) is 4.50. The fourth-order valence-corrected chi connectivity index (χ4v) is 3.05. The van der Waals surface area contributed by atoms with Crippen LogP contribution in [0.5, 0.6) is 0 Å². The summed E-state index contributed by atoms with van der Waals surface area (Å²) in [5, 5.41) is 7.50. The number of carbonyl (C=O) groups is 2. The average molecular weight is 428 g/mol. The van der Waals surface area contributed by atoms with E-state index < -0.39 is 6.04 Å². The molecule has 0 radical (unpaired) electrons. The van der Waals surface area contributed by atoms with Crippen molar-refractivity contribution in [1.29, 1.82) is 0 Å². The van der Waals surface area contributed by atoms with Crippen LogP contribution in [0.15, 0.2) is 59.1 Å². The van der Waals surface area contributed by atoms with Gasteiger partial charge in [0.15, 0.2) is 0 Å². The predicted octanol–water partition coefficient (Wildman–Crippen LogP) is 4.13. The van der Waals surface area contributed by atoms with Crippen LogP contribution in [0.4, 0.5) is 0 Å². The first-order valence-electron chi connectivity index (χ1n) is 9.55. The maximum absolute atomic E-state index is 12.4. The molecule has 2 aromatic carbocycles. The SMILES string of the molecule is COC(=O)CC(NC(=O)CCCc1nc(-c2ccc(Cl)cc2)no1)c1ccccc1. The molecule has 0 saturated heterocycles. The number of nitrogens with zero attached hydrogens (tertiary/aromatic N) is 2. The molecule has 1 N–H and O–H groups in total. The molecule has 0 aliphatic rings. The number of rotatable bonds is 9. The lowest BCUT2D eigenvalue weighted by Gasteiger charge is -2.18. The maximum Gasteiger partial charge on any atom is 0.307 e. The highest BCUT2D eigenvalue weighted by Gasteiger charge is 2.19. The highest BCUT2D eigenvalue weighted by molar-refractivity contribution is 6.30. The monoisotopic (exact) mass is 427 g/mol. The highest BCUT2D eigenvalue weighted by atomic mass is 35.5. The van der Waals surface area contributed by atoms with Gasteiger partial charge in [0.25, 0.3) is 0 Å². The summed E-state index contributed by atoms with van der Waals surface area (Å²) in [7, 11) is 1.33. The van der Waals surface area contributed by atoms with Crippen LogP contribution in [0.3, 0.4) is 0 Å². The Morgan fingerprint density at radius 1 is 1.13 bits per heavy atom. The zero-order valence-electron chi connectivity index (χ0n) is 16.5. The molecule has 1 atom stereocenters. The van der Waals surface area contributed by atoms with Gasteiger partial charge in [-0.3, -0.25) is 9.59 Å². The van der Waals surface area contributed by atoms with Crippen LogP contribution < -0.4 is 5.32 Å². The van der Waals surface area contributed by atoms with Crippen molar-refractivity contribution in [3.05, 3.63) is 71.1 Å². The van der Waals surface area contributed by atoms with Gasteiger partial charge in [-0.1, -0.05) is 47.1 Å². The number of benzene rings is 2. The minimum atomic E-state index is -0.439. The number of methoxy groups -OCH3 is 1. The molecule has 0 saturated carbocycles. The maximum atomic E-state index is 12.4. The number of hydrogen-bond donors (Lipinski definition) is 1. The molecule has 3 aromatic rings. The summed E-state index contributed by atoms with van der Waals surface area (Å²) in [6, 6.07) is 16.0. The van der Waals surface area contributed by atoms with E-state index in [1.165, 1.54) is 7.11 Å². The summed E-state index contributed by atoms with van der Waals surface area (Å²) in [6.07, 6.45) is 1.35. The minimum Gasteiger partial charge on any atom is -0.469 e. The number of carbonyl (C=O) groups excluding carboxylic acids is 2. The van der Waals surface area contributed by atoms with Crippen LogP contribution in [0.1, 0.15) is 36.8 Å². The van der Waals surface area contributed by atoms with Gasteiger partial charge in [-0.2, -0.15) is 4.98 Å². The number of aromatic nitrogens is 2. The Kier molecular flexibility index (Phi) is 7.57. The van der Waals surface area contributed by atoms with Gasteiger partial charge < -0.3 is 14.6 Å². The lowest BCUT2D eigenvalue weighted by Crippen LogP contribution is -2.30. The molecule has 0 spiro atoms. The average Bonchev–Trinajstić information content (AvgIpc) is 3.23. The van der Waals surface area contributed by atoms with Crippen molar-refractivity contribution in [2.75, 3.05) is 7.11 Å². The van der Waals surface area contributed by atoms with Gasteiger partial charge in [-0.15, -0.1) is 0 Å². The number of ether oxygens (including phenoxy) is 1. The molecule has 7 nitrogen and oxygen atoms in total. The van der Waals surface area contributed by atoms with Crippen LogP contribution in [-0.4, -0.2) is 29.1 Å². The molecule has 0 aliphatic heterocycles. The second-order valence-corrected chi connectivity index (χ2v) is 7.12. The normalized spacial score (nSPS) is 11.7. The first-order valence-corrected chi connectivity index (χ1v) is 9.92. The van der Waals surface area contributed by atoms with Gasteiger partial charge in [0.05, 0.1) is 19.6 Å². The topological polar surface area (TPSA) is 94.3 Å². The first-order chi connectivity index (χ1) is 14.5. The van der Waals surface area contributed by atoms with Crippen molar-refractivity contribution in [3.8, 4) is 11.4 Å². The summed E-state index contributed by atoms with van der Waals surface area (Å²) in [4.78, 5) is 28.5. The van der Waals surface area contributed by atoms with Crippen molar-refractivity contribution < 1.29 is 18.8 Å². The summed E-state index contributed by atoms with van der Waals surface area (Å²) in [6.45, 7) is 0. The summed E-state index contributed by atoms with van der Waals surface area (Å²) >= 11 is 5.89. The number of hydrogen-bond acceptors (Lipinski definition) is 6. The van der Waals surface area contributed by atoms with Gasteiger partial charge in [-0.05, 0) is 36.2 Å². The van der Waals surface area contributed by atoms with Crippen LogP contribution in [-0.2, 0) is 20.7 Å². The van der Waals surface area contributed by atoms with Gasteiger partial charge in [0.1, 0.15) is 0 Å². The minimum absolute atomic E-state index is 0.0698. The van der Waals surface area contributed by atoms with E-state index in [1.807, 2.05) is 42.5 Å². The standard InChI is InChI=1S/C22H22ClN3O4/c1-29-21(28)14-18(15-6-3-2-4-7-15)24-19(27)8-5-9-20-25-22(26-30-20)16-10-12-17(23)13-11-16/h2-4,6-7,10-13,18H,5,8-9,14H2,1H3,(H,24,27). The van der Waals surface area contributed by atoms with Crippen molar-refractivity contribution >= 4 is 23.5 Å². The second-order valence-electron chi connectivity index (χ2n) is 6.68. The van der Waals surface area contributed by atoms with Crippen molar-refractivity contribution in [2.45, 2.75) is 31.7 Å². The van der Waals surface area contributed by atoms with Crippen LogP contribution in [0, 0.1) is 0 Å². The Morgan fingerprint density at radius 2 is 1.87 bits per heavy atom. The molecule has 1 amide bonds. The van der Waals surface area contributed by atoms with E-state index in [-0.39, 0.29) is 24.7 Å². The van der Waals surface area contributed by atoms with E-state index in [9.17, 15) is 9.59 Å². The van der Waals surface area contributed by atoms with E-state index in [0.717, 1.165) is 11.1 Å². The Balaban J connectivity index is 1.52. The molecule has 1 heterocycles. The largest absolute Gasteiger partial charge is 0.469 e. The molecule has 0 aliphatic carbocycles. The summed E-state index contributed by atoms with van der Waals surface area (Å²) < 4.78 is 10.0. The number of esters is 1. The smallest absolute Gasteiger partial charge is 0.307 e. The molecule has 3 rings (SSSR count). The fraction of sp³-hybridized carbons (Fsp3) is 0.273. The number of halogens is 1. The van der Waals surface area contributed by atoms with Crippen LogP contribution in [0.25, 0.3) is 11.4 Å². The van der Waals surface area contributed by atoms with E-state index in [2.05, 4.69) is 15.5 Å². The quantitative estimate of drug-likeness (QED) is 0.516. The Labute approximate surface area is 179 Å². The molecular weight excluding hydrogens is 406 g/mol. The van der Waals surface area contributed by atoms with Gasteiger partial charge >= 0.3 is 5.97 Å². The van der Waals surface area contributed by atoms with Crippen molar-refractivity contribution in [1.82, 2.24) is 15.5 Å². The van der Waals surface area contributed by atoms with E-state index in [0.29, 0.717) is 29.6 Å². The van der Waals surface area contributed by atoms with E-state index in [1.54, 1.807) is 12.1 Å². The van der Waals surface area contributed by atoms with E-state index in [4.69, 9.17) is 20.9 Å². The van der Waals surface area contributed by atoms with Crippen molar-refractivity contribution in [2.24, 2.45) is 0 Å². The lowest BCUT2D eigenvalue weighted by molar-refractivity contribution is -0.141. The molecule has 0 fully saturated rings. The molecule has 1 unspecified atom stereocenters. The molecular formula is C22H22ClN3O4. The Morgan fingerprint density at radius 3 is 2.57 bits per heavy atom. The first kappa shape index (κ1) is 21.5. The Hall–Kier alpha value is -3.19. The summed E-state index contributed by atoms with van der Waals surface area (Å²) in [5.41, 5.74) is 1.65. The van der Waals surface area contributed by atoms with E-state index >= 15 is 0 Å². The second kappa shape index (κ2) is 10.5. The third kappa shape index (κ3) is 6.15. The molecule has 8 heteroatoms. The third-order valence-corrected chi connectivity index (χ3v) is 4.75. The fourth-order valence-electron chi connectivity index (χ4n) is 2.93. The van der Waals surface area contributed by atoms with Crippen LogP contribution >= 0.6 is 11.6 Å². The molecule has 30 heavy (non-hydrogen) atoms. The highest BCUT2D eigenvalue weighted by Crippen LogP contribution is 2.20. The molecule has 156 valence electrons. The Bertz CT molecular complexity index is 974. The van der Waals surface area contributed by atoms with Crippen LogP contribution in [0.2, 0.25) is 5.02 Å². The molecule has 0 bridgehead atoms.